The topological polar surface area (TPSA) is 65.8 Å². The first-order chi connectivity index (χ1) is 11.6. The van der Waals surface area contributed by atoms with Crippen molar-refractivity contribution >= 4 is 39.0 Å². The number of nitrogens with zero attached hydrogens (tertiary/aromatic N) is 2. The van der Waals surface area contributed by atoms with Gasteiger partial charge in [-0.3, -0.25) is 9.19 Å². The van der Waals surface area contributed by atoms with Crippen LogP contribution in [-0.4, -0.2) is 26.2 Å². The van der Waals surface area contributed by atoms with Crippen LogP contribution in [0.15, 0.2) is 24.4 Å². The van der Waals surface area contributed by atoms with Gasteiger partial charge in [-0.25, -0.2) is 0 Å². The molecule has 2 aromatic rings. The fourth-order valence-corrected chi connectivity index (χ4v) is 4.88. The first-order valence-electron chi connectivity index (χ1n) is 8.24. The molecule has 3 rings (SSSR count). The van der Waals surface area contributed by atoms with Gasteiger partial charge in [0.15, 0.2) is 0 Å². The molecule has 0 aliphatic heterocycles. The summed E-state index contributed by atoms with van der Waals surface area (Å²) in [4.78, 5) is 4.33. The van der Waals surface area contributed by atoms with E-state index in [1.165, 1.54) is 0 Å². The standard InChI is InChI=1S/C18H20ClN3OS/c1-2-24(23)15-5-3-4-14(9-15)22-18-12(10-20)11-21-17-7-6-13(19)8-16(17)18/h6-8,11,14-15H,2-5,9H2,1H3,(H,21,22). The summed E-state index contributed by atoms with van der Waals surface area (Å²) in [6.07, 6.45) is 5.57. The summed E-state index contributed by atoms with van der Waals surface area (Å²) in [7, 11) is -0.769. The van der Waals surface area contributed by atoms with Gasteiger partial charge in [-0.05, 0) is 37.5 Å². The van der Waals surface area contributed by atoms with Crippen LogP contribution in [0, 0.1) is 11.3 Å². The molecule has 1 saturated carbocycles. The molecule has 1 fully saturated rings. The van der Waals surface area contributed by atoms with E-state index in [1.807, 2.05) is 19.1 Å². The maximum atomic E-state index is 12.1. The van der Waals surface area contributed by atoms with E-state index < -0.39 is 10.8 Å². The Kier molecular flexibility index (Phi) is 5.37. The molecule has 0 bridgehead atoms. The Labute approximate surface area is 149 Å². The lowest BCUT2D eigenvalue weighted by Crippen LogP contribution is -2.33. The van der Waals surface area contributed by atoms with Gasteiger partial charge < -0.3 is 5.32 Å². The van der Waals surface area contributed by atoms with Crippen molar-refractivity contribution in [3.63, 3.8) is 0 Å². The second-order valence-electron chi connectivity index (χ2n) is 6.12. The van der Waals surface area contributed by atoms with Gasteiger partial charge in [-0.15, -0.1) is 0 Å². The average molecular weight is 362 g/mol. The predicted molar refractivity (Wildman–Crippen MR) is 99.8 cm³/mol. The highest BCUT2D eigenvalue weighted by molar-refractivity contribution is 7.85. The summed E-state index contributed by atoms with van der Waals surface area (Å²) in [5.41, 5.74) is 2.12. The number of hydrogen-bond donors (Lipinski definition) is 1. The Hall–Kier alpha value is -1.64. The van der Waals surface area contributed by atoms with Gasteiger partial charge >= 0.3 is 0 Å². The number of aromatic nitrogens is 1. The number of rotatable bonds is 4. The third kappa shape index (κ3) is 3.55. The lowest BCUT2D eigenvalue weighted by atomic mass is 9.94. The van der Waals surface area contributed by atoms with Crippen molar-refractivity contribution in [2.75, 3.05) is 11.1 Å². The molecular weight excluding hydrogens is 342 g/mol. The minimum absolute atomic E-state index is 0.218. The zero-order chi connectivity index (χ0) is 17.1. The molecule has 6 heteroatoms. The molecule has 1 aromatic carbocycles. The Morgan fingerprint density at radius 3 is 3.04 bits per heavy atom. The second kappa shape index (κ2) is 7.50. The van der Waals surface area contributed by atoms with Crippen LogP contribution in [0.3, 0.4) is 0 Å². The minimum atomic E-state index is -0.769. The molecule has 4 nitrogen and oxygen atoms in total. The van der Waals surface area contributed by atoms with Crippen LogP contribution >= 0.6 is 11.6 Å². The van der Waals surface area contributed by atoms with Crippen LogP contribution < -0.4 is 5.32 Å². The number of halogens is 1. The van der Waals surface area contributed by atoms with Crippen LogP contribution in [0.2, 0.25) is 5.02 Å². The monoisotopic (exact) mass is 361 g/mol. The van der Waals surface area contributed by atoms with Crippen molar-refractivity contribution in [1.29, 1.82) is 5.26 Å². The van der Waals surface area contributed by atoms with E-state index in [4.69, 9.17) is 11.6 Å². The van der Waals surface area contributed by atoms with Crippen LogP contribution in [0.25, 0.3) is 10.9 Å². The highest BCUT2D eigenvalue weighted by Crippen LogP contribution is 2.32. The molecule has 24 heavy (non-hydrogen) atoms. The van der Waals surface area contributed by atoms with Crippen LogP contribution in [0.5, 0.6) is 0 Å². The van der Waals surface area contributed by atoms with Gasteiger partial charge in [-0.2, -0.15) is 5.26 Å². The number of hydrogen-bond acceptors (Lipinski definition) is 4. The fraction of sp³-hybridized carbons (Fsp3) is 0.444. The summed E-state index contributed by atoms with van der Waals surface area (Å²) >= 11 is 6.13. The smallest absolute Gasteiger partial charge is 0.103 e. The zero-order valence-corrected chi connectivity index (χ0v) is 15.2. The fourth-order valence-electron chi connectivity index (χ4n) is 3.36. The van der Waals surface area contributed by atoms with Gasteiger partial charge in [0.25, 0.3) is 0 Å². The number of nitrogens with one attached hydrogen (secondary N) is 1. The van der Waals surface area contributed by atoms with E-state index in [1.54, 1.807) is 12.3 Å². The molecule has 1 aliphatic carbocycles. The van der Waals surface area contributed by atoms with E-state index in [0.717, 1.165) is 42.3 Å². The first kappa shape index (κ1) is 17.2. The summed E-state index contributed by atoms with van der Waals surface area (Å²) in [6, 6.07) is 7.94. The maximum Gasteiger partial charge on any atom is 0.103 e. The van der Waals surface area contributed by atoms with Crippen molar-refractivity contribution in [2.45, 2.75) is 43.9 Å². The molecule has 0 amide bonds. The largest absolute Gasteiger partial charge is 0.381 e. The quantitative estimate of drug-likeness (QED) is 0.883. The molecule has 1 N–H and O–H groups in total. The van der Waals surface area contributed by atoms with E-state index in [0.29, 0.717) is 16.3 Å². The lowest BCUT2D eigenvalue weighted by molar-refractivity contribution is 0.465. The van der Waals surface area contributed by atoms with Crippen molar-refractivity contribution in [1.82, 2.24) is 4.98 Å². The van der Waals surface area contributed by atoms with E-state index >= 15 is 0 Å². The number of anilines is 1. The van der Waals surface area contributed by atoms with Crippen molar-refractivity contribution in [2.24, 2.45) is 0 Å². The molecule has 3 atom stereocenters. The van der Waals surface area contributed by atoms with E-state index in [9.17, 15) is 9.47 Å². The molecule has 126 valence electrons. The lowest BCUT2D eigenvalue weighted by Gasteiger charge is -2.30. The van der Waals surface area contributed by atoms with Crippen LogP contribution in [-0.2, 0) is 10.8 Å². The molecule has 0 spiro atoms. The van der Waals surface area contributed by atoms with Crippen molar-refractivity contribution in [3.8, 4) is 6.07 Å². The van der Waals surface area contributed by atoms with Crippen LogP contribution in [0.1, 0.15) is 38.2 Å². The minimum Gasteiger partial charge on any atom is -0.381 e. The predicted octanol–water partition coefficient (Wildman–Crippen LogP) is 4.25. The Bertz CT molecular complexity index is 818. The third-order valence-corrected chi connectivity index (χ3v) is 6.56. The molecule has 0 radical (unpaired) electrons. The zero-order valence-electron chi connectivity index (χ0n) is 13.6. The van der Waals surface area contributed by atoms with E-state index in [2.05, 4.69) is 16.4 Å². The average Bonchev–Trinajstić information content (AvgIpc) is 2.61. The summed E-state index contributed by atoms with van der Waals surface area (Å²) in [5, 5.41) is 14.7. The van der Waals surface area contributed by atoms with Gasteiger partial charge in [-0.1, -0.05) is 24.9 Å². The number of benzene rings is 1. The Morgan fingerprint density at radius 1 is 1.46 bits per heavy atom. The first-order valence-corrected chi connectivity index (χ1v) is 10.0. The highest BCUT2D eigenvalue weighted by atomic mass is 35.5. The highest BCUT2D eigenvalue weighted by Gasteiger charge is 2.26. The molecular formula is C18H20ClN3OS. The Balaban J connectivity index is 1.93. The summed E-state index contributed by atoms with van der Waals surface area (Å²) < 4.78 is 12.1. The second-order valence-corrected chi connectivity index (χ2v) is 8.56. The van der Waals surface area contributed by atoms with Gasteiger partial charge in [0.05, 0.1) is 16.8 Å². The molecule has 1 heterocycles. The third-order valence-electron chi connectivity index (χ3n) is 4.58. The van der Waals surface area contributed by atoms with Gasteiger partial charge in [0.2, 0.25) is 0 Å². The maximum absolute atomic E-state index is 12.1. The van der Waals surface area contributed by atoms with Crippen molar-refractivity contribution < 1.29 is 4.21 Å². The van der Waals surface area contributed by atoms with Crippen molar-refractivity contribution in [3.05, 3.63) is 35.0 Å². The SMILES string of the molecule is CCS(=O)C1CCCC(Nc2c(C#N)cnc3ccc(Cl)cc23)C1. The number of nitriles is 1. The number of fused-ring (bicyclic) bond motifs is 1. The van der Waals surface area contributed by atoms with E-state index in [-0.39, 0.29) is 11.3 Å². The summed E-state index contributed by atoms with van der Waals surface area (Å²) in [6.45, 7) is 1.97. The summed E-state index contributed by atoms with van der Waals surface area (Å²) in [5.74, 6) is 0.703. The molecule has 1 aliphatic rings. The number of pyridine rings is 1. The normalized spacial score (nSPS) is 22.0. The van der Waals surface area contributed by atoms with Gasteiger partial charge in [0.1, 0.15) is 6.07 Å². The Morgan fingerprint density at radius 2 is 2.29 bits per heavy atom. The van der Waals surface area contributed by atoms with Crippen LogP contribution in [0.4, 0.5) is 5.69 Å². The molecule has 0 saturated heterocycles. The molecule has 3 unspecified atom stereocenters. The van der Waals surface area contributed by atoms with Gasteiger partial charge in [0, 0.05) is 44.4 Å². The molecule has 1 aromatic heterocycles.